The highest BCUT2D eigenvalue weighted by Crippen LogP contribution is 2.45. The van der Waals surface area contributed by atoms with Gasteiger partial charge in [0.25, 0.3) is 0 Å². The molecule has 0 aromatic heterocycles. The van der Waals surface area contributed by atoms with Gasteiger partial charge in [0.05, 0.1) is 7.11 Å². The van der Waals surface area contributed by atoms with Crippen molar-refractivity contribution >= 4 is 5.69 Å². The molecule has 0 fully saturated rings. The maximum Gasteiger partial charge on any atom is 0.425 e. The molecule has 2 rings (SSSR count). The number of methoxy groups -OCH3 is 1. The van der Waals surface area contributed by atoms with Gasteiger partial charge in [-0.2, -0.15) is 13.2 Å². The van der Waals surface area contributed by atoms with E-state index in [9.17, 15) is 18.3 Å². The van der Waals surface area contributed by atoms with E-state index >= 15 is 0 Å². The van der Waals surface area contributed by atoms with Crippen molar-refractivity contribution in [2.24, 2.45) is 0 Å². The Morgan fingerprint density at radius 1 is 0.957 bits per heavy atom. The van der Waals surface area contributed by atoms with E-state index in [0.717, 1.165) is 0 Å². The van der Waals surface area contributed by atoms with Crippen LogP contribution >= 0.6 is 0 Å². The molecular weight excluding hydrogens is 307 g/mol. The normalized spacial score (nSPS) is 14.2. The molecule has 0 aliphatic rings. The second-order valence-electron chi connectivity index (χ2n) is 5.38. The summed E-state index contributed by atoms with van der Waals surface area (Å²) in [7, 11) is 4.80. The average molecular weight is 325 g/mol. The summed E-state index contributed by atoms with van der Waals surface area (Å²) >= 11 is 0. The second kappa shape index (κ2) is 6.12. The molecule has 1 N–H and O–H groups in total. The van der Waals surface area contributed by atoms with Crippen molar-refractivity contribution in [2.75, 3.05) is 26.1 Å². The summed E-state index contributed by atoms with van der Waals surface area (Å²) in [6.07, 6.45) is -4.88. The second-order valence-corrected chi connectivity index (χ2v) is 5.38. The van der Waals surface area contributed by atoms with Crippen molar-refractivity contribution in [1.29, 1.82) is 0 Å². The third-order valence-corrected chi connectivity index (χ3v) is 3.68. The van der Waals surface area contributed by atoms with Gasteiger partial charge < -0.3 is 14.7 Å². The minimum atomic E-state index is -4.88. The van der Waals surface area contributed by atoms with Crippen LogP contribution in [0, 0.1) is 0 Å². The van der Waals surface area contributed by atoms with E-state index in [1.165, 1.54) is 49.6 Å². The first-order chi connectivity index (χ1) is 10.7. The summed E-state index contributed by atoms with van der Waals surface area (Å²) < 4.78 is 46.2. The molecule has 23 heavy (non-hydrogen) atoms. The molecule has 3 nitrogen and oxygen atoms in total. The van der Waals surface area contributed by atoms with E-state index in [4.69, 9.17) is 4.74 Å². The van der Waals surface area contributed by atoms with Crippen LogP contribution in [0.5, 0.6) is 5.75 Å². The number of alkyl halides is 3. The zero-order valence-electron chi connectivity index (χ0n) is 13.1. The number of hydrogen-bond donors (Lipinski definition) is 1. The largest absolute Gasteiger partial charge is 0.497 e. The van der Waals surface area contributed by atoms with E-state index in [1.807, 2.05) is 0 Å². The smallest absolute Gasteiger partial charge is 0.425 e. The lowest BCUT2D eigenvalue weighted by Crippen LogP contribution is -2.43. The Morgan fingerprint density at radius 2 is 1.52 bits per heavy atom. The van der Waals surface area contributed by atoms with Crippen molar-refractivity contribution < 1.29 is 23.0 Å². The zero-order chi connectivity index (χ0) is 17.3. The topological polar surface area (TPSA) is 32.7 Å². The minimum absolute atomic E-state index is 0.244. The van der Waals surface area contributed by atoms with Crippen LogP contribution in [0.15, 0.2) is 48.5 Å². The Hall–Kier alpha value is -2.21. The molecule has 1 unspecified atom stereocenters. The van der Waals surface area contributed by atoms with Crippen LogP contribution in [0.1, 0.15) is 11.1 Å². The zero-order valence-corrected chi connectivity index (χ0v) is 13.1. The van der Waals surface area contributed by atoms with Gasteiger partial charge in [0.15, 0.2) is 0 Å². The molecule has 0 aliphatic heterocycles. The fourth-order valence-electron chi connectivity index (χ4n) is 2.35. The van der Waals surface area contributed by atoms with Crippen LogP contribution in [-0.2, 0) is 5.60 Å². The number of nitrogens with zero attached hydrogens (tertiary/aromatic N) is 1. The van der Waals surface area contributed by atoms with Crippen molar-refractivity contribution in [3.8, 4) is 5.75 Å². The Kier molecular flexibility index (Phi) is 4.56. The van der Waals surface area contributed by atoms with Crippen molar-refractivity contribution in [1.82, 2.24) is 0 Å². The summed E-state index contributed by atoms with van der Waals surface area (Å²) in [5.74, 6) is 0.244. The standard InChI is InChI=1S/C17H18F3NO2/c1-21(2)14-8-4-6-12(10-14)16(22,17(18,19)20)13-7-5-9-15(11-13)23-3/h4-11,22H,1-3H3. The number of benzene rings is 2. The molecule has 0 spiro atoms. The minimum Gasteiger partial charge on any atom is -0.497 e. The van der Waals surface area contributed by atoms with Gasteiger partial charge >= 0.3 is 6.18 Å². The molecule has 2 aromatic carbocycles. The van der Waals surface area contributed by atoms with Gasteiger partial charge in [-0.15, -0.1) is 0 Å². The Balaban J connectivity index is 2.67. The average Bonchev–Trinajstić information content (AvgIpc) is 2.53. The molecule has 0 heterocycles. The number of halogens is 3. The summed E-state index contributed by atoms with van der Waals surface area (Å²) in [5.41, 5.74) is -3.09. The number of rotatable bonds is 4. The summed E-state index contributed by atoms with van der Waals surface area (Å²) in [6, 6.07) is 11.1. The third-order valence-electron chi connectivity index (χ3n) is 3.68. The van der Waals surface area contributed by atoms with E-state index in [-0.39, 0.29) is 16.9 Å². The van der Waals surface area contributed by atoms with Gasteiger partial charge in [0.1, 0.15) is 5.75 Å². The van der Waals surface area contributed by atoms with Gasteiger partial charge in [-0.3, -0.25) is 0 Å². The molecule has 0 amide bonds. The Bertz CT molecular complexity index is 686. The van der Waals surface area contributed by atoms with Crippen LogP contribution in [0.3, 0.4) is 0 Å². The lowest BCUT2D eigenvalue weighted by Gasteiger charge is -2.32. The first-order valence-corrected chi connectivity index (χ1v) is 6.91. The van der Waals surface area contributed by atoms with E-state index in [0.29, 0.717) is 5.69 Å². The fourth-order valence-corrected chi connectivity index (χ4v) is 2.35. The molecule has 124 valence electrons. The van der Waals surface area contributed by atoms with Crippen LogP contribution in [-0.4, -0.2) is 32.5 Å². The fraction of sp³-hybridized carbons (Fsp3) is 0.294. The maximum absolute atomic E-state index is 13.7. The van der Waals surface area contributed by atoms with Gasteiger partial charge in [-0.05, 0) is 29.8 Å². The van der Waals surface area contributed by atoms with E-state index < -0.39 is 11.8 Å². The van der Waals surface area contributed by atoms with E-state index in [2.05, 4.69) is 0 Å². The number of anilines is 1. The third kappa shape index (κ3) is 3.12. The van der Waals surface area contributed by atoms with Crippen LogP contribution in [0.25, 0.3) is 0 Å². The highest BCUT2D eigenvalue weighted by atomic mass is 19.4. The summed E-state index contributed by atoms with van der Waals surface area (Å²) in [5, 5.41) is 10.6. The van der Waals surface area contributed by atoms with Crippen LogP contribution in [0.4, 0.5) is 18.9 Å². The monoisotopic (exact) mass is 325 g/mol. The molecular formula is C17H18F3NO2. The molecule has 0 saturated heterocycles. The van der Waals surface area contributed by atoms with Gasteiger partial charge in [-0.1, -0.05) is 24.3 Å². The summed E-state index contributed by atoms with van der Waals surface area (Å²) in [4.78, 5) is 1.67. The predicted octanol–water partition coefficient (Wildman–Crippen LogP) is 3.56. The molecule has 1 atom stereocenters. The van der Waals surface area contributed by atoms with Crippen molar-refractivity contribution in [3.05, 3.63) is 59.7 Å². The molecule has 2 aromatic rings. The first kappa shape index (κ1) is 17.1. The molecule has 0 radical (unpaired) electrons. The highest BCUT2D eigenvalue weighted by molar-refractivity contribution is 5.51. The number of aliphatic hydroxyl groups is 1. The predicted molar refractivity (Wildman–Crippen MR) is 82.8 cm³/mol. The molecule has 0 saturated carbocycles. The Labute approximate surface area is 132 Å². The first-order valence-electron chi connectivity index (χ1n) is 6.91. The summed E-state index contributed by atoms with van der Waals surface area (Å²) in [6.45, 7) is 0. The lowest BCUT2D eigenvalue weighted by atomic mass is 9.85. The molecule has 0 bridgehead atoms. The maximum atomic E-state index is 13.7. The molecule has 0 aliphatic carbocycles. The number of hydrogen-bond acceptors (Lipinski definition) is 3. The van der Waals surface area contributed by atoms with Crippen molar-refractivity contribution in [2.45, 2.75) is 11.8 Å². The number of ether oxygens (including phenoxy) is 1. The van der Waals surface area contributed by atoms with E-state index in [1.54, 1.807) is 25.1 Å². The lowest BCUT2D eigenvalue weighted by molar-refractivity contribution is -0.248. The van der Waals surface area contributed by atoms with Crippen LogP contribution in [0.2, 0.25) is 0 Å². The quantitative estimate of drug-likeness (QED) is 0.933. The van der Waals surface area contributed by atoms with Crippen molar-refractivity contribution in [3.63, 3.8) is 0 Å². The Morgan fingerprint density at radius 3 is 2.04 bits per heavy atom. The van der Waals surface area contributed by atoms with Crippen LogP contribution < -0.4 is 9.64 Å². The highest BCUT2D eigenvalue weighted by Gasteiger charge is 2.56. The van der Waals surface area contributed by atoms with Gasteiger partial charge in [0, 0.05) is 25.3 Å². The SMILES string of the molecule is COc1cccc(C(O)(c2cccc(N(C)C)c2)C(F)(F)F)c1. The molecule has 6 heteroatoms. The van der Waals surface area contributed by atoms with Gasteiger partial charge in [-0.25, -0.2) is 0 Å². The van der Waals surface area contributed by atoms with Gasteiger partial charge in [0.2, 0.25) is 5.60 Å².